The Labute approximate surface area is 119 Å². The smallest absolute Gasteiger partial charge is 0.318 e. The molecule has 0 spiro atoms. The molecule has 0 atom stereocenters. The van der Waals surface area contributed by atoms with E-state index in [-0.39, 0.29) is 11.4 Å². The van der Waals surface area contributed by atoms with Crippen molar-refractivity contribution in [2.24, 2.45) is 0 Å². The molecule has 1 aromatic carbocycles. The first kappa shape index (κ1) is 16.6. The minimum absolute atomic E-state index is 0.123. The zero-order chi connectivity index (χ0) is 15.3. The average Bonchev–Trinajstić information content (AvgIpc) is 2.33. The molecule has 0 radical (unpaired) electrons. The first-order valence-corrected chi connectivity index (χ1v) is 7.61. The van der Waals surface area contributed by atoms with Crippen LogP contribution in [-0.2, 0) is 14.8 Å². The Morgan fingerprint density at radius 2 is 1.90 bits per heavy atom. The summed E-state index contributed by atoms with van der Waals surface area (Å²) >= 11 is 0. The molecular formula is C13H20N2O4S. The van der Waals surface area contributed by atoms with E-state index in [1.165, 1.54) is 6.07 Å². The highest BCUT2D eigenvalue weighted by Crippen LogP contribution is 2.16. The number of nitrogens with zero attached hydrogens (tertiary/aromatic N) is 2. The Bertz CT molecular complexity index is 569. The van der Waals surface area contributed by atoms with Crippen molar-refractivity contribution < 1.29 is 18.3 Å². The lowest BCUT2D eigenvalue weighted by Gasteiger charge is -2.22. The summed E-state index contributed by atoms with van der Waals surface area (Å²) in [5.41, 5.74) is 0.814. The van der Waals surface area contributed by atoms with E-state index in [1.807, 2.05) is 0 Å². The molecule has 0 saturated heterocycles. The van der Waals surface area contributed by atoms with E-state index in [2.05, 4.69) is 0 Å². The van der Waals surface area contributed by atoms with Crippen LogP contribution in [0.25, 0.3) is 0 Å². The second kappa shape index (κ2) is 6.83. The van der Waals surface area contributed by atoms with Gasteiger partial charge in [0.05, 0.1) is 4.90 Å². The summed E-state index contributed by atoms with van der Waals surface area (Å²) in [5, 5.41) is 8.89. The predicted octanol–water partition coefficient (Wildman–Crippen LogP) is 0.632. The minimum atomic E-state index is -3.79. The maximum atomic E-state index is 12.5. The van der Waals surface area contributed by atoms with Crippen LogP contribution in [-0.4, -0.2) is 62.4 Å². The number of carboxylic acid groups (broad SMARTS) is 1. The lowest BCUT2D eigenvalue weighted by molar-refractivity contribution is -0.137. The van der Waals surface area contributed by atoms with Gasteiger partial charge in [0.2, 0.25) is 10.0 Å². The molecular weight excluding hydrogens is 280 g/mol. The van der Waals surface area contributed by atoms with Gasteiger partial charge in [-0.3, -0.25) is 4.79 Å². The summed E-state index contributed by atoms with van der Waals surface area (Å²) in [6, 6.07) is 6.46. The van der Waals surface area contributed by atoms with Gasteiger partial charge in [0.1, 0.15) is 6.54 Å². The third kappa shape index (κ3) is 4.59. The van der Waals surface area contributed by atoms with E-state index in [0.29, 0.717) is 6.54 Å². The molecule has 0 aliphatic carbocycles. The molecule has 1 aromatic rings. The van der Waals surface area contributed by atoms with Crippen LogP contribution >= 0.6 is 0 Å². The van der Waals surface area contributed by atoms with Crippen molar-refractivity contribution in [1.82, 2.24) is 9.21 Å². The number of hydrogen-bond acceptors (Lipinski definition) is 4. The highest BCUT2D eigenvalue weighted by Gasteiger charge is 2.26. The predicted molar refractivity (Wildman–Crippen MR) is 76.1 cm³/mol. The van der Waals surface area contributed by atoms with Crippen LogP contribution in [0.2, 0.25) is 0 Å². The summed E-state index contributed by atoms with van der Waals surface area (Å²) < 4.78 is 25.9. The molecule has 112 valence electrons. The normalized spacial score (nSPS) is 12.1. The molecule has 0 saturated carbocycles. The summed E-state index contributed by atoms with van der Waals surface area (Å²) in [6.45, 7) is 1.85. The maximum Gasteiger partial charge on any atom is 0.318 e. The zero-order valence-corrected chi connectivity index (χ0v) is 12.7. The van der Waals surface area contributed by atoms with Crippen LogP contribution in [0.1, 0.15) is 5.56 Å². The number of carbonyl (C=O) groups is 1. The molecule has 0 amide bonds. The van der Waals surface area contributed by atoms with Crippen molar-refractivity contribution in [3.05, 3.63) is 29.8 Å². The van der Waals surface area contributed by atoms with E-state index in [0.717, 1.165) is 9.87 Å². The van der Waals surface area contributed by atoms with Gasteiger partial charge in [0.25, 0.3) is 0 Å². The van der Waals surface area contributed by atoms with Crippen LogP contribution in [0.4, 0.5) is 0 Å². The van der Waals surface area contributed by atoms with Crippen molar-refractivity contribution in [3.8, 4) is 0 Å². The standard InChI is InChI=1S/C13H20N2O4S/c1-11-5-4-6-12(9-11)20(18,19)15(10-13(16)17)8-7-14(2)3/h4-6,9H,7-8,10H2,1-3H3,(H,16,17). The van der Waals surface area contributed by atoms with Crippen LogP contribution in [0, 0.1) is 6.92 Å². The number of sulfonamides is 1. The van der Waals surface area contributed by atoms with E-state index in [4.69, 9.17) is 5.11 Å². The maximum absolute atomic E-state index is 12.5. The number of likely N-dealkylation sites (N-methyl/N-ethyl adjacent to an activating group) is 1. The number of aliphatic carboxylic acids is 1. The van der Waals surface area contributed by atoms with E-state index in [1.54, 1.807) is 44.1 Å². The third-order valence-electron chi connectivity index (χ3n) is 2.74. The fraction of sp³-hybridized carbons (Fsp3) is 0.462. The van der Waals surface area contributed by atoms with Crippen molar-refractivity contribution in [2.75, 3.05) is 33.7 Å². The van der Waals surface area contributed by atoms with Crippen molar-refractivity contribution in [3.63, 3.8) is 0 Å². The number of aryl methyl sites for hydroxylation is 1. The van der Waals surface area contributed by atoms with Gasteiger partial charge in [-0.25, -0.2) is 8.42 Å². The Morgan fingerprint density at radius 1 is 1.25 bits per heavy atom. The topological polar surface area (TPSA) is 77.9 Å². The first-order chi connectivity index (χ1) is 9.23. The second-order valence-corrected chi connectivity index (χ2v) is 6.79. The molecule has 0 aromatic heterocycles. The molecule has 0 fully saturated rings. The molecule has 0 unspecified atom stereocenters. The highest BCUT2D eigenvalue weighted by atomic mass is 32.2. The lowest BCUT2D eigenvalue weighted by atomic mass is 10.2. The Morgan fingerprint density at radius 3 is 2.40 bits per heavy atom. The minimum Gasteiger partial charge on any atom is -0.480 e. The molecule has 7 heteroatoms. The summed E-state index contributed by atoms with van der Waals surface area (Å²) in [4.78, 5) is 12.8. The summed E-state index contributed by atoms with van der Waals surface area (Å²) in [7, 11) is -0.181. The van der Waals surface area contributed by atoms with E-state index in [9.17, 15) is 13.2 Å². The van der Waals surface area contributed by atoms with Gasteiger partial charge in [-0.1, -0.05) is 12.1 Å². The van der Waals surface area contributed by atoms with E-state index >= 15 is 0 Å². The van der Waals surface area contributed by atoms with Gasteiger partial charge in [0.15, 0.2) is 0 Å². The number of carboxylic acids is 1. The average molecular weight is 300 g/mol. The van der Waals surface area contributed by atoms with Crippen LogP contribution in [0.5, 0.6) is 0 Å². The van der Waals surface area contributed by atoms with Crippen LogP contribution in [0.15, 0.2) is 29.2 Å². The van der Waals surface area contributed by atoms with Gasteiger partial charge in [-0.15, -0.1) is 0 Å². The molecule has 6 nitrogen and oxygen atoms in total. The molecule has 0 aliphatic rings. The molecule has 0 aliphatic heterocycles. The fourth-order valence-corrected chi connectivity index (χ4v) is 3.16. The fourth-order valence-electron chi connectivity index (χ4n) is 1.67. The molecule has 1 rings (SSSR count). The second-order valence-electron chi connectivity index (χ2n) is 4.85. The van der Waals surface area contributed by atoms with Gasteiger partial charge in [0, 0.05) is 13.1 Å². The zero-order valence-electron chi connectivity index (χ0n) is 11.9. The van der Waals surface area contributed by atoms with Gasteiger partial charge in [-0.2, -0.15) is 4.31 Å². The largest absolute Gasteiger partial charge is 0.480 e. The molecule has 20 heavy (non-hydrogen) atoms. The van der Waals surface area contributed by atoms with Crippen molar-refractivity contribution in [1.29, 1.82) is 0 Å². The number of rotatable bonds is 7. The van der Waals surface area contributed by atoms with Gasteiger partial charge in [-0.05, 0) is 38.7 Å². The third-order valence-corrected chi connectivity index (χ3v) is 4.58. The van der Waals surface area contributed by atoms with Crippen LogP contribution in [0.3, 0.4) is 0 Å². The molecule has 0 bridgehead atoms. The number of benzene rings is 1. The monoisotopic (exact) mass is 300 g/mol. The summed E-state index contributed by atoms with van der Waals surface area (Å²) in [6.07, 6.45) is 0. The Kier molecular flexibility index (Phi) is 5.67. The van der Waals surface area contributed by atoms with Gasteiger partial charge < -0.3 is 10.0 Å². The number of hydrogen-bond donors (Lipinski definition) is 1. The Balaban J connectivity index is 3.06. The van der Waals surface area contributed by atoms with E-state index < -0.39 is 22.5 Å². The highest BCUT2D eigenvalue weighted by molar-refractivity contribution is 7.89. The first-order valence-electron chi connectivity index (χ1n) is 6.17. The lowest BCUT2D eigenvalue weighted by Crippen LogP contribution is -2.39. The molecule has 1 N–H and O–H groups in total. The summed E-state index contributed by atoms with van der Waals surface area (Å²) in [5.74, 6) is -1.17. The van der Waals surface area contributed by atoms with Crippen LogP contribution < -0.4 is 0 Å². The SMILES string of the molecule is Cc1cccc(S(=O)(=O)N(CCN(C)C)CC(=O)O)c1. The van der Waals surface area contributed by atoms with Crippen molar-refractivity contribution >= 4 is 16.0 Å². The van der Waals surface area contributed by atoms with Gasteiger partial charge >= 0.3 is 5.97 Å². The molecule has 0 heterocycles. The van der Waals surface area contributed by atoms with Crippen molar-refractivity contribution in [2.45, 2.75) is 11.8 Å². The quantitative estimate of drug-likeness (QED) is 0.799. The Hall–Kier alpha value is -1.44.